The first kappa shape index (κ1) is 20.6. The van der Waals surface area contributed by atoms with Crippen LogP contribution in [0.1, 0.15) is 40.0 Å². The lowest BCUT2D eigenvalue weighted by atomic mass is 9.94. The molecule has 4 N–H and O–H groups in total. The van der Waals surface area contributed by atoms with E-state index in [0.717, 1.165) is 0 Å². The SMILES string of the molecule is CC(C)(C)[Si](C)(C)O[C@H]1CC(=O)C[C@H](OC2OC(O)=C(O)C(O)=C2O)C1. The molecule has 1 aliphatic heterocycles. The number of Topliss-reactive ketones (excluding diaryl/α,β-unsaturated/α-hetero) is 1. The third-order valence-corrected chi connectivity index (χ3v) is 9.67. The fourth-order valence-electron chi connectivity index (χ4n) is 2.65. The van der Waals surface area contributed by atoms with E-state index in [1.54, 1.807) is 0 Å². The van der Waals surface area contributed by atoms with Crippen molar-refractivity contribution in [3.63, 3.8) is 0 Å². The largest absolute Gasteiger partial charge is 0.503 e. The predicted octanol–water partition coefficient (Wildman–Crippen LogP) is 3.48. The molecule has 3 atom stereocenters. The van der Waals surface area contributed by atoms with Crippen LogP contribution in [0.2, 0.25) is 18.1 Å². The zero-order valence-corrected chi connectivity index (χ0v) is 16.8. The van der Waals surface area contributed by atoms with Gasteiger partial charge in [0.15, 0.2) is 8.32 Å². The molecule has 0 bridgehead atoms. The zero-order valence-electron chi connectivity index (χ0n) is 15.8. The van der Waals surface area contributed by atoms with E-state index in [9.17, 15) is 25.2 Å². The van der Waals surface area contributed by atoms with Crippen LogP contribution in [0.3, 0.4) is 0 Å². The summed E-state index contributed by atoms with van der Waals surface area (Å²) in [5, 5.41) is 38.2. The molecule has 0 saturated heterocycles. The Labute approximate surface area is 153 Å². The number of carbonyl (C=O) groups is 1. The van der Waals surface area contributed by atoms with Gasteiger partial charge in [-0.2, -0.15) is 0 Å². The summed E-state index contributed by atoms with van der Waals surface area (Å²) in [7, 11) is -2.07. The van der Waals surface area contributed by atoms with Gasteiger partial charge in [0.2, 0.25) is 17.3 Å². The molecule has 0 aromatic carbocycles. The van der Waals surface area contributed by atoms with E-state index in [-0.39, 0.29) is 23.3 Å². The van der Waals surface area contributed by atoms with E-state index < -0.39 is 43.9 Å². The van der Waals surface area contributed by atoms with Gasteiger partial charge < -0.3 is 34.3 Å². The minimum absolute atomic E-state index is 0.00274. The van der Waals surface area contributed by atoms with E-state index in [1.807, 2.05) is 0 Å². The Kier molecular flexibility index (Phi) is 5.65. The van der Waals surface area contributed by atoms with Crippen molar-refractivity contribution in [2.24, 2.45) is 0 Å². The summed E-state index contributed by atoms with van der Waals surface area (Å²) in [6.07, 6.45) is -1.58. The number of carbonyl (C=O) groups excluding carboxylic acids is 1. The van der Waals surface area contributed by atoms with Crippen LogP contribution in [-0.2, 0) is 18.7 Å². The van der Waals surface area contributed by atoms with Crippen molar-refractivity contribution < 1.29 is 39.1 Å². The van der Waals surface area contributed by atoms with Gasteiger partial charge in [0, 0.05) is 12.8 Å². The third-order valence-electron chi connectivity index (χ3n) is 5.13. The second-order valence-corrected chi connectivity index (χ2v) is 13.0. The molecule has 26 heavy (non-hydrogen) atoms. The van der Waals surface area contributed by atoms with E-state index in [1.165, 1.54) is 0 Å². The quantitative estimate of drug-likeness (QED) is 0.539. The summed E-state index contributed by atoms with van der Waals surface area (Å²) >= 11 is 0. The van der Waals surface area contributed by atoms with Gasteiger partial charge in [-0.15, -0.1) is 0 Å². The molecule has 9 heteroatoms. The highest BCUT2D eigenvalue weighted by molar-refractivity contribution is 6.74. The molecular formula is C17H28O8Si. The Morgan fingerprint density at radius 1 is 1.04 bits per heavy atom. The molecule has 1 saturated carbocycles. The molecule has 0 amide bonds. The van der Waals surface area contributed by atoms with Crippen molar-refractivity contribution in [1.82, 2.24) is 0 Å². The van der Waals surface area contributed by atoms with Gasteiger partial charge in [0.05, 0.1) is 12.2 Å². The Hall–Kier alpha value is -1.71. The standard InChI is InChI=1S/C17H28O8Si/c1-17(2,3)26(4,5)25-11-7-9(18)6-10(8-11)23-16-14(21)12(19)13(20)15(22)24-16/h10-11,16,19-22H,6-8H2,1-5H3/t10-,11-,16?/m0/s1. The molecule has 1 heterocycles. The monoisotopic (exact) mass is 388 g/mol. The predicted molar refractivity (Wildman–Crippen MR) is 95.2 cm³/mol. The first-order chi connectivity index (χ1) is 11.8. The number of ether oxygens (including phenoxy) is 2. The molecule has 0 radical (unpaired) electrons. The molecule has 8 nitrogen and oxygen atoms in total. The van der Waals surface area contributed by atoms with Gasteiger partial charge in [0.25, 0.3) is 6.29 Å². The summed E-state index contributed by atoms with van der Waals surface area (Å²) in [6, 6.07) is 0. The van der Waals surface area contributed by atoms with Crippen LogP contribution in [0.15, 0.2) is 23.2 Å². The minimum Gasteiger partial charge on any atom is -0.503 e. The summed E-state index contributed by atoms with van der Waals surface area (Å²) in [4.78, 5) is 12.1. The summed E-state index contributed by atoms with van der Waals surface area (Å²) in [6.45, 7) is 10.5. The van der Waals surface area contributed by atoms with Crippen molar-refractivity contribution in [3.05, 3.63) is 23.2 Å². The smallest absolute Gasteiger partial charge is 0.327 e. The molecule has 0 spiro atoms. The number of hydrogen-bond acceptors (Lipinski definition) is 8. The van der Waals surface area contributed by atoms with E-state index >= 15 is 0 Å². The van der Waals surface area contributed by atoms with E-state index in [2.05, 4.69) is 33.9 Å². The lowest BCUT2D eigenvalue weighted by Crippen LogP contribution is -2.47. The Morgan fingerprint density at radius 2 is 1.62 bits per heavy atom. The fraction of sp³-hybridized carbons (Fsp3) is 0.706. The van der Waals surface area contributed by atoms with Crippen LogP contribution >= 0.6 is 0 Å². The van der Waals surface area contributed by atoms with Gasteiger partial charge in [-0.05, 0) is 24.6 Å². The van der Waals surface area contributed by atoms with Crippen LogP contribution < -0.4 is 0 Å². The minimum atomic E-state index is -2.07. The number of aliphatic hydroxyl groups excluding tert-OH is 4. The molecule has 1 fully saturated rings. The Balaban J connectivity index is 2.06. The molecular weight excluding hydrogens is 360 g/mol. The number of hydrogen-bond donors (Lipinski definition) is 4. The van der Waals surface area contributed by atoms with Gasteiger partial charge in [-0.3, -0.25) is 4.79 Å². The average Bonchev–Trinajstić information content (AvgIpc) is 2.48. The number of aliphatic hydroxyl groups is 4. The maximum atomic E-state index is 12.1. The Bertz CT molecular complexity index is 631. The van der Waals surface area contributed by atoms with Gasteiger partial charge >= 0.3 is 5.95 Å². The van der Waals surface area contributed by atoms with Crippen LogP contribution in [0, 0.1) is 0 Å². The maximum absolute atomic E-state index is 12.1. The lowest BCUT2D eigenvalue weighted by Gasteiger charge is -2.41. The highest BCUT2D eigenvalue weighted by Crippen LogP contribution is 2.39. The van der Waals surface area contributed by atoms with Crippen molar-refractivity contribution >= 4 is 14.1 Å². The highest BCUT2D eigenvalue weighted by atomic mass is 28.4. The first-order valence-corrected chi connectivity index (χ1v) is 11.5. The van der Waals surface area contributed by atoms with Crippen molar-refractivity contribution in [1.29, 1.82) is 0 Å². The molecule has 1 aliphatic carbocycles. The first-order valence-electron chi connectivity index (χ1n) is 8.58. The lowest BCUT2D eigenvalue weighted by molar-refractivity contribution is -0.184. The molecule has 148 valence electrons. The topological polar surface area (TPSA) is 126 Å². The van der Waals surface area contributed by atoms with E-state index in [4.69, 9.17) is 13.9 Å². The highest BCUT2D eigenvalue weighted by Gasteiger charge is 2.42. The normalized spacial score (nSPS) is 28.3. The van der Waals surface area contributed by atoms with Crippen LogP contribution in [0.5, 0.6) is 0 Å². The molecule has 1 unspecified atom stereocenters. The molecule has 0 aromatic rings. The van der Waals surface area contributed by atoms with Gasteiger partial charge in [-0.1, -0.05) is 20.8 Å². The number of rotatable bonds is 4. The Morgan fingerprint density at radius 3 is 2.19 bits per heavy atom. The zero-order chi connectivity index (χ0) is 19.9. The third kappa shape index (κ3) is 4.33. The summed E-state index contributed by atoms with van der Waals surface area (Å²) in [5.74, 6) is -3.64. The van der Waals surface area contributed by atoms with Crippen molar-refractivity contribution in [2.45, 2.75) is 76.7 Å². The maximum Gasteiger partial charge on any atom is 0.327 e. The number of ketones is 1. The van der Waals surface area contributed by atoms with Gasteiger partial charge in [-0.25, -0.2) is 0 Å². The second-order valence-electron chi connectivity index (χ2n) is 8.28. The van der Waals surface area contributed by atoms with Crippen LogP contribution in [-0.4, -0.2) is 53.0 Å². The fourth-order valence-corrected chi connectivity index (χ4v) is 4.02. The van der Waals surface area contributed by atoms with Crippen molar-refractivity contribution in [2.75, 3.05) is 0 Å². The van der Waals surface area contributed by atoms with E-state index in [0.29, 0.717) is 12.8 Å². The van der Waals surface area contributed by atoms with Crippen LogP contribution in [0.4, 0.5) is 0 Å². The summed E-state index contributed by atoms with van der Waals surface area (Å²) in [5.41, 5.74) is 0. The molecule has 2 aliphatic rings. The molecule has 2 rings (SSSR count). The summed E-state index contributed by atoms with van der Waals surface area (Å²) < 4.78 is 16.7. The second kappa shape index (κ2) is 7.13. The average molecular weight is 388 g/mol. The molecule has 0 aromatic heterocycles. The van der Waals surface area contributed by atoms with Gasteiger partial charge in [0.1, 0.15) is 5.78 Å². The van der Waals surface area contributed by atoms with Crippen molar-refractivity contribution in [3.8, 4) is 0 Å². The van der Waals surface area contributed by atoms with Crippen LogP contribution in [0.25, 0.3) is 0 Å².